The number of rotatable bonds is 3. The van der Waals surface area contributed by atoms with Gasteiger partial charge in [0.15, 0.2) is 0 Å². The predicted molar refractivity (Wildman–Crippen MR) is 72.8 cm³/mol. The van der Waals surface area contributed by atoms with Crippen molar-refractivity contribution in [1.29, 1.82) is 0 Å². The molecule has 19 heavy (non-hydrogen) atoms. The van der Waals surface area contributed by atoms with Gasteiger partial charge in [-0.05, 0) is 30.3 Å². The minimum atomic E-state index is -0.200. The first-order valence-electron chi connectivity index (χ1n) is 6.05. The molecule has 0 saturated heterocycles. The summed E-state index contributed by atoms with van der Waals surface area (Å²) in [5.41, 5.74) is 2.30. The Morgan fingerprint density at radius 1 is 1.11 bits per heavy atom. The van der Waals surface area contributed by atoms with Crippen molar-refractivity contribution in [3.05, 3.63) is 71.7 Å². The lowest BCUT2D eigenvalue weighted by molar-refractivity contribution is 0.112. The summed E-state index contributed by atoms with van der Waals surface area (Å²) >= 11 is 0. The molecular formula is C16H12FNO. The highest BCUT2D eigenvalue weighted by atomic mass is 19.1. The maximum absolute atomic E-state index is 13.6. The topological polar surface area (TPSA) is 22.0 Å². The highest BCUT2D eigenvalue weighted by Crippen LogP contribution is 2.19. The number of aromatic nitrogens is 1. The Kier molecular flexibility index (Phi) is 2.88. The summed E-state index contributed by atoms with van der Waals surface area (Å²) in [7, 11) is 0. The molecule has 0 aliphatic heterocycles. The van der Waals surface area contributed by atoms with Gasteiger partial charge < -0.3 is 4.57 Å². The fourth-order valence-corrected chi connectivity index (χ4v) is 2.24. The molecule has 0 amide bonds. The van der Waals surface area contributed by atoms with Crippen LogP contribution in [0.25, 0.3) is 10.9 Å². The molecule has 0 unspecified atom stereocenters. The molecule has 0 spiro atoms. The van der Waals surface area contributed by atoms with E-state index in [-0.39, 0.29) is 5.82 Å². The van der Waals surface area contributed by atoms with Gasteiger partial charge in [0.25, 0.3) is 0 Å². The zero-order chi connectivity index (χ0) is 13.2. The van der Waals surface area contributed by atoms with Gasteiger partial charge in [-0.15, -0.1) is 0 Å². The van der Waals surface area contributed by atoms with Gasteiger partial charge in [-0.1, -0.05) is 18.2 Å². The molecule has 0 aliphatic carbocycles. The van der Waals surface area contributed by atoms with E-state index in [2.05, 4.69) is 0 Å². The van der Waals surface area contributed by atoms with Crippen molar-refractivity contribution in [2.45, 2.75) is 6.54 Å². The van der Waals surface area contributed by atoms with Gasteiger partial charge >= 0.3 is 0 Å². The van der Waals surface area contributed by atoms with E-state index in [4.69, 9.17) is 0 Å². The van der Waals surface area contributed by atoms with Gasteiger partial charge in [0, 0.05) is 28.2 Å². The van der Waals surface area contributed by atoms with E-state index < -0.39 is 0 Å². The average molecular weight is 253 g/mol. The molecule has 0 bridgehead atoms. The van der Waals surface area contributed by atoms with Gasteiger partial charge in [0.05, 0.1) is 6.54 Å². The number of hydrogen-bond acceptors (Lipinski definition) is 1. The number of aldehydes is 1. The second kappa shape index (κ2) is 4.69. The minimum absolute atomic E-state index is 0.200. The zero-order valence-corrected chi connectivity index (χ0v) is 10.2. The van der Waals surface area contributed by atoms with Gasteiger partial charge in [0.2, 0.25) is 0 Å². The highest BCUT2D eigenvalue weighted by Gasteiger charge is 2.05. The SMILES string of the molecule is O=Cc1ccc2c(ccn2Cc2ccccc2F)c1. The molecule has 0 saturated carbocycles. The Hall–Kier alpha value is -2.42. The summed E-state index contributed by atoms with van der Waals surface area (Å²) in [6.07, 6.45) is 2.74. The molecule has 0 aliphatic rings. The fourth-order valence-electron chi connectivity index (χ4n) is 2.24. The van der Waals surface area contributed by atoms with E-state index in [1.807, 2.05) is 35.0 Å². The van der Waals surface area contributed by atoms with Crippen molar-refractivity contribution < 1.29 is 9.18 Å². The summed E-state index contributed by atoms with van der Waals surface area (Å²) in [5, 5.41) is 0.987. The van der Waals surface area contributed by atoms with Crippen molar-refractivity contribution in [2.24, 2.45) is 0 Å². The number of carbonyl (C=O) groups excluding carboxylic acids is 1. The monoisotopic (exact) mass is 253 g/mol. The summed E-state index contributed by atoms with van der Waals surface area (Å²) < 4.78 is 15.6. The number of hydrogen-bond donors (Lipinski definition) is 0. The number of nitrogens with zero attached hydrogens (tertiary/aromatic N) is 1. The van der Waals surface area contributed by atoms with Crippen molar-refractivity contribution in [3.8, 4) is 0 Å². The lowest BCUT2D eigenvalue weighted by atomic mass is 10.1. The Morgan fingerprint density at radius 3 is 2.74 bits per heavy atom. The van der Waals surface area contributed by atoms with E-state index in [0.29, 0.717) is 17.7 Å². The molecule has 2 nitrogen and oxygen atoms in total. The third-order valence-corrected chi connectivity index (χ3v) is 3.23. The second-order valence-corrected chi connectivity index (χ2v) is 4.47. The molecule has 1 heterocycles. The van der Waals surface area contributed by atoms with Gasteiger partial charge in [-0.3, -0.25) is 4.79 Å². The summed E-state index contributed by atoms with van der Waals surface area (Å²) in [6.45, 7) is 0.483. The van der Waals surface area contributed by atoms with Crippen LogP contribution in [-0.2, 0) is 6.54 Å². The van der Waals surface area contributed by atoms with Crippen LogP contribution in [-0.4, -0.2) is 10.9 Å². The van der Waals surface area contributed by atoms with Crippen LogP contribution >= 0.6 is 0 Å². The van der Waals surface area contributed by atoms with Crippen LogP contribution in [0.5, 0.6) is 0 Å². The number of halogens is 1. The number of fused-ring (bicyclic) bond motifs is 1. The molecule has 0 N–H and O–H groups in total. The van der Waals surface area contributed by atoms with E-state index in [9.17, 15) is 9.18 Å². The standard InChI is InChI=1S/C16H12FNO/c17-15-4-2-1-3-14(15)10-18-8-7-13-9-12(11-19)5-6-16(13)18/h1-9,11H,10H2. The first kappa shape index (κ1) is 11.7. The molecule has 3 aromatic rings. The quantitative estimate of drug-likeness (QED) is 0.653. The highest BCUT2D eigenvalue weighted by molar-refractivity contribution is 5.87. The first-order valence-corrected chi connectivity index (χ1v) is 6.05. The van der Waals surface area contributed by atoms with Crippen molar-refractivity contribution in [1.82, 2.24) is 4.57 Å². The number of carbonyl (C=O) groups is 1. The summed E-state index contributed by atoms with van der Waals surface area (Å²) in [5.74, 6) is -0.200. The zero-order valence-electron chi connectivity index (χ0n) is 10.2. The van der Waals surface area contributed by atoms with Gasteiger partial charge in [-0.25, -0.2) is 4.39 Å². The Morgan fingerprint density at radius 2 is 1.95 bits per heavy atom. The third-order valence-electron chi connectivity index (χ3n) is 3.23. The largest absolute Gasteiger partial charge is 0.343 e. The predicted octanol–water partition coefficient (Wildman–Crippen LogP) is 3.64. The van der Waals surface area contributed by atoms with Crippen LogP contribution in [0.2, 0.25) is 0 Å². The molecule has 1 aromatic heterocycles. The third kappa shape index (κ3) is 2.15. The maximum atomic E-state index is 13.6. The molecule has 3 rings (SSSR count). The van der Waals surface area contributed by atoms with Crippen LogP contribution < -0.4 is 0 Å². The summed E-state index contributed by atoms with van der Waals surface area (Å²) in [6, 6.07) is 14.2. The smallest absolute Gasteiger partial charge is 0.150 e. The molecule has 0 radical (unpaired) electrons. The normalized spacial score (nSPS) is 10.8. The van der Waals surface area contributed by atoms with Gasteiger partial charge in [0.1, 0.15) is 12.1 Å². The molecule has 3 heteroatoms. The van der Waals surface area contributed by atoms with E-state index in [1.165, 1.54) is 6.07 Å². The molecule has 0 atom stereocenters. The van der Waals surface area contributed by atoms with Crippen LogP contribution in [0.3, 0.4) is 0 Å². The van der Waals surface area contributed by atoms with E-state index in [0.717, 1.165) is 17.2 Å². The second-order valence-electron chi connectivity index (χ2n) is 4.47. The maximum Gasteiger partial charge on any atom is 0.150 e. The van der Waals surface area contributed by atoms with Crippen molar-refractivity contribution in [3.63, 3.8) is 0 Å². The van der Waals surface area contributed by atoms with Crippen LogP contribution in [0.15, 0.2) is 54.7 Å². The Bertz CT molecular complexity index is 745. The van der Waals surface area contributed by atoms with Crippen molar-refractivity contribution in [2.75, 3.05) is 0 Å². The Balaban J connectivity index is 2.02. The fraction of sp³-hybridized carbons (Fsp3) is 0.0625. The molecule has 0 fully saturated rings. The van der Waals surface area contributed by atoms with Crippen LogP contribution in [0.4, 0.5) is 4.39 Å². The number of benzene rings is 2. The Labute approximate surface area is 110 Å². The van der Waals surface area contributed by atoms with Crippen LogP contribution in [0, 0.1) is 5.82 Å². The lowest BCUT2D eigenvalue weighted by Crippen LogP contribution is -2.00. The van der Waals surface area contributed by atoms with Crippen LogP contribution in [0.1, 0.15) is 15.9 Å². The summed E-state index contributed by atoms with van der Waals surface area (Å²) in [4.78, 5) is 10.7. The molecule has 2 aromatic carbocycles. The van der Waals surface area contributed by atoms with E-state index >= 15 is 0 Å². The molecule has 94 valence electrons. The van der Waals surface area contributed by atoms with Gasteiger partial charge in [-0.2, -0.15) is 0 Å². The first-order chi connectivity index (χ1) is 9.28. The average Bonchev–Trinajstić information content (AvgIpc) is 2.83. The van der Waals surface area contributed by atoms with E-state index in [1.54, 1.807) is 18.2 Å². The van der Waals surface area contributed by atoms with Crippen molar-refractivity contribution >= 4 is 17.2 Å². The minimum Gasteiger partial charge on any atom is -0.343 e. The molecular weight excluding hydrogens is 241 g/mol. The lowest BCUT2D eigenvalue weighted by Gasteiger charge is -2.06.